The van der Waals surface area contributed by atoms with Crippen LogP contribution in [0.3, 0.4) is 0 Å². The van der Waals surface area contributed by atoms with Crippen molar-refractivity contribution in [2.24, 2.45) is 5.92 Å². The maximum Gasteiger partial charge on any atom is 0.315 e. The normalized spacial score (nSPS) is 13.7. The van der Waals surface area contributed by atoms with Crippen LogP contribution in [-0.2, 0) is 4.79 Å². The molecule has 15 heavy (non-hydrogen) atoms. The fraction of sp³-hybridized carbons (Fsp3) is 0.600. The molecule has 2 atom stereocenters. The molecule has 0 aliphatic carbocycles. The van der Waals surface area contributed by atoms with Gasteiger partial charge in [-0.05, 0) is 12.8 Å². The Morgan fingerprint density at radius 1 is 1.47 bits per heavy atom. The van der Waals surface area contributed by atoms with Crippen molar-refractivity contribution < 1.29 is 14.7 Å². The minimum Gasteiger partial charge on any atom is -0.481 e. The molecule has 2 amide bonds. The summed E-state index contributed by atoms with van der Waals surface area (Å²) in [5, 5.41) is 13.7. The summed E-state index contributed by atoms with van der Waals surface area (Å²) >= 11 is 0. The first-order chi connectivity index (χ1) is 6.95. The van der Waals surface area contributed by atoms with Gasteiger partial charge in [-0.15, -0.1) is 6.58 Å². The van der Waals surface area contributed by atoms with Crippen molar-refractivity contribution in [2.75, 3.05) is 6.54 Å². The number of carbonyl (C=O) groups excluding carboxylic acids is 1. The second-order valence-corrected chi connectivity index (χ2v) is 3.58. The van der Waals surface area contributed by atoms with E-state index in [1.165, 1.54) is 0 Å². The van der Waals surface area contributed by atoms with Gasteiger partial charge >= 0.3 is 12.0 Å². The monoisotopic (exact) mass is 214 g/mol. The lowest BCUT2D eigenvalue weighted by atomic mass is 10.1. The van der Waals surface area contributed by atoms with Gasteiger partial charge in [0.05, 0.1) is 0 Å². The minimum atomic E-state index is -0.857. The smallest absolute Gasteiger partial charge is 0.315 e. The van der Waals surface area contributed by atoms with Gasteiger partial charge in [0.25, 0.3) is 0 Å². The van der Waals surface area contributed by atoms with E-state index >= 15 is 0 Å². The zero-order chi connectivity index (χ0) is 11.8. The number of nitrogens with one attached hydrogen (secondary N) is 2. The first-order valence-corrected chi connectivity index (χ1v) is 4.84. The van der Waals surface area contributed by atoms with E-state index in [0.717, 1.165) is 0 Å². The molecular weight excluding hydrogens is 196 g/mol. The number of aliphatic carboxylic acids is 1. The molecule has 0 heterocycles. The Balaban J connectivity index is 3.70. The van der Waals surface area contributed by atoms with Gasteiger partial charge in [0.15, 0.2) is 0 Å². The van der Waals surface area contributed by atoms with Crippen LogP contribution in [0.4, 0.5) is 4.79 Å². The summed E-state index contributed by atoms with van der Waals surface area (Å²) in [6, 6.07) is -0.403. The third-order valence-electron chi connectivity index (χ3n) is 1.85. The van der Waals surface area contributed by atoms with Gasteiger partial charge in [-0.2, -0.15) is 0 Å². The van der Waals surface area contributed by atoms with Gasteiger partial charge < -0.3 is 15.7 Å². The van der Waals surface area contributed by atoms with Gasteiger partial charge in [0, 0.05) is 19.0 Å². The van der Waals surface area contributed by atoms with Gasteiger partial charge in [-0.1, -0.05) is 13.0 Å². The van der Waals surface area contributed by atoms with Crippen LogP contribution < -0.4 is 10.6 Å². The summed E-state index contributed by atoms with van der Waals surface area (Å²) in [6.07, 6.45) is 1.66. The van der Waals surface area contributed by atoms with Crippen LogP contribution in [0.25, 0.3) is 0 Å². The molecule has 86 valence electrons. The van der Waals surface area contributed by atoms with Gasteiger partial charge in [-0.25, -0.2) is 4.79 Å². The van der Waals surface area contributed by atoms with Crippen molar-refractivity contribution in [3.63, 3.8) is 0 Å². The average molecular weight is 214 g/mol. The van der Waals surface area contributed by atoms with Crippen LogP contribution in [0.2, 0.25) is 0 Å². The second-order valence-electron chi connectivity index (χ2n) is 3.58. The number of hydrogen-bond donors (Lipinski definition) is 3. The van der Waals surface area contributed by atoms with E-state index in [1.54, 1.807) is 19.9 Å². The van der Waals surface area contributed by atoms with E-state index in [1.807, 2.05) is 0 Å². The fourth-order valence-corrected chi connectivity index (χ4v) is 0.954. The quantitative estimate of drug-likeness (QED) is 0.576. The third kappa shape index (κ3) is 7.54. The first kappa shape index (κ1) is 13.5. The van der Waals surface area contributed by atoms with Gasteiger partial charge in [-0.3, -0.25) is 4.79 Å². The van der Waals surface area contributed by atoms with Crippen LogP contribution in [0.15, 0.2) is 12.7 Å². The number of hydrogen-bond acceptors (Lipinski definition) is 2. The topological polar surface area (TPSA) is 78.4 Å². The Hall–Kier alpha value is -1.52. The highest BCUT2D eigenvalue weighted by molar-refractivity contribution is 5.74. The van der Waals surface area contributed by atoms with Crippen molar-refractivity contribution in [1.82, 2.24) is 10.6 Å². The number of carboxylic acids is 1. The predicted molar refractivity (Wildman–Crippen MR) is 57.6 cm³/mol. The number of carboxylic acid groups (broad SMARTS) is 1. The fourth-order valence-electron chi connectivity index (χ4n) is 0.954. The Labute approximate surface area is 89.6 Å². The summed E-state index contributed by atoms with van der Waals surface area (Å²) in [7, 11) is 0. The molecule has 5 nitrogen and oxygen atoms in total. The molecule has 0 spiro atoms. The molecule has 0 aromatic heterocycles. The molecule has 5 heteroatoms. The highest BCUT2D eigenvalue weighted by Crippen LogP contribution is 1.98. The van der Waals surface area contributed by atoms with Crippen molar-refractivity contribution in [1.29, 1.82) is 0 Å². The molecule has 2 unspecified atom stereocenters. The Bertz CT molecular complexity index is 241. The lowest BCUT2D eigenvalue weighted by Crippen LogP contribution is -2.41. The van der Waals surface area contributed by atoms with E-state index in [4.69, 9.17) is 5.11 Å². The molecule has 0 radical (unpaired) electrons. The number of amides is 2. The van der Waals surface area contributed by atoms with Crippen LogP contribution in [0, 0.1) is 5.92 Å². The molecule has 0 fully saturated rings. The zero-order valence-corrected chi connectivity index (χ0v) is 9.12. The Kier molecular flexibility index (Phi) is 6.17. The van der Waals surface area contributed by atoms with Crippen molar-refractivity contribution in [2.45, 2.75) is 26.3 Å². The SMILES string of the molecule is C=CC(C)NC(=O)NCC(C)CC(=O)O. The van der Waals surface area contributed by atoms with Crippen LogP contribution in [-0.4, -0.2) is 29.7 Å². The molecule has 0 aromatic carbocycles. The molecular formula is C10H18N2O3. The average Bonchev–Trinajstić information content (AvgIpc) is 2.13. The first-order valence-electron chi connectivity index (χ1n) is 4.84. The largest absolute Gasteiger partial charge is 0.481 e. The Morgan fingerprint density at radius 3 is 2.53 bits per heavy atom. The molecule has 0 aliphatic heterocycles. The predicted octanol–water partition coefficient (Wildman–Crippen LogP) is 0.971. The standard InChI is InChI=1S/C10H18N2O3/c1-4-8(3)12-10(15)11-6-7(2)5-9(13)14/h4,7-8H,1,5-6H2,2-3H3,(H,13,14)(H2,11,12,15). The lowest BCUT2D eigenvalue weighted by molar-refractivity contribution is -0.137. The second kappa shape index (κ2) is 6.86. The highest BCUT2D eigenvalue weighted by atomic mass is 16.4. The molecule has 0 bridgehead atoms. The molecule has 0 rings (SSSR count). The number of urea groups is 1. The van der Waals surface area contributed by atoms with Gasteiger partial charge in [0.1, 0.15) is 0 Å². The maximum atomic E-state index is 11.2. The van der Waals surface area contributed by atoms with Gasteiger partial charge in [0.2, 0.25) is 0 Å². The van der Waals surface area contributed by atoms with Crippen LogP contribution in [0.1, 0.15) is 20.3 Å². The molecule has 0 saturated heterocycles. The number of carbonyl (C=O) groups is 2. The van der Waals surface area contributed by atoms with E-state index < -0.39 is 5.97 Å². The van der Waals surface area contributed by atoms with Crippen LogP contribution in [0.5, 0.6) is 0 Å². The summed E-state index contributed by atoms with van der Waals surface area (Å²) in [5.41, 5.74) is 0. The summed E-state index contributed by atoms with van der Waals surface area (Å²) < 4.78 is 0. The molecule has 0 aromatic rings. The molecule has 0 aliphatic rings. The summed E-state index contributed by atoms with van der Waals surface area (Å²) in [4.78, 5) is 21.5. The lowest BCUT2D eigenvalue weighted by Gasteiger charge is -2.13. The zero-order valence-electron chi connectivity index (χ0n) is 9.12. The van der Waals surface area contributed by atoms with E-state index in [2.05, 4.69) is 17.2 Å². The summed E-state index contributed by atoms with van der Waals surface area (Å²) in [6.45, 7) is 7.45. The van der Waals surface area contributed by atoms with E-state index in [-0.39, 0.29) is 24.4 Å². The van der Waals surface area contributed by atoms with E-state index in [0.29, 0.717) is 6.54 Å². The minimum absolute atomic E-state index is 0.0529. The molecule has 0 saturated carbocycles. The van der Waals surface area contributed by atoms with Crippen molar-refractivity contribution in [3.8, 4) is 0 Å². The van der Waals surface area contributed by atoms with E-state index in [9.17, 15) is 9.59 Å². The third-order valence-corrected chi connectivity index (χ3v) is 1.85. The van der Waals surface area contributed by atoms with Crippen molar-refractivity contribution >= 4 is 12.0 Å². The summed E-state index contributed by atoms with van der Waals surface area (Å²) in [5.74, 6) is -0.934. The Morgan fingerprint density at radius 2 is 2.07 bits per heavy atom. The molecule has 3 N–H and O–H groups in total. The van der Waals surface area contributed by atoms with Crippen molar-refractivity contribution in [3.05, 3.63) is 12.7 Å². The van der Waals surface area contributed by atoms with Crippen LogP contribution >= 0.6 is 0 Å². The number of rotatable bonds is 6. The maximum absolute atomic E-state index is 11.2. The highest BCUT2D eigenvalue weighted by Gasteiger charge is 2.09.